The number of hydrogen-bond donors (Lipinski definition) is 3. The van der Waals surface area contributed by atoms with Gasteiger partial charge in [0, 0.05) is 42.1 Å². The highest BCUT2D eigenvalue weighted by molar-refractivity contribution is 6.02. The standard InChI is InChI=1S/C32H47N5O/c1-4-5-17-35-28-16-15-26-21-29(25-13-10-14-27(20-25)31(33)34)32(38)37(30(26)22-28)19-8-6-7-18-36-23(2)11-9-12-24(36)3/h10,13-16,20,22-24,29,35H,4-9,11-12,17-19,21H2,1-3H3,(H3,33,34)/t23-,24+,29?. The Morgan fingerprint density at radius 1 is 1.03 bits per heavy atom. The first-order chi connectivity index (χ1) is 18.4. The maximum absolute atomic E-state index is 14.0. The lowest BCUT2D eigenvalue weighted by molar-refractivity contribution is -0.120. The number of likely N-dealkylation sites (tertiary alicyclic amines) is 1. The number of anilines is 2. The Bertz CT molecular complexity index is 1090. The molecule has 4 N–H and O–H groups in total. The van der Waals surface area contributed by atoms with Crippen LogP contribution in [0.15, 0.2) is 42.5 Å². The Balaban J connectivity index is 1.48. The average molecular weight is 518 g/mol. The van der Waals surface area contributed by atoms with Gasteiger partial charge in [0.25, 0.3) is 0 Å². The van der Waals surface area contributed by atoms with Crippen molar-refractivity contribution in [2.24, 2.45) is 5.73 Å². The van der Waals surface area contributed by atoms with Crippen molar-refractivity contribution in [3.05, 3.63) is 59.2 Å². The van der Waals surface area contributed by atoms with Crippen LogP contribution in [0.3, 0.4) is 0 Å². The number of unbranched alkanes of at least 4 members (excludes halogenated alkanes) is 3. The van der Waals surface area contributed by atoms with E-state index in [0.29, 0.717) is 24.1 Å². The minimum absolute atomic E-state index is 0.0347. The molecular weight excluding hydrogens is 470 g/mol. The maximum atomic E-state index is 14.0. The molecular formula is C32H47N5O. The minimum Gasteiger partial charge on any atom is -0.385 e. The predicted molar refractivity (Wildman–Crippen MR) is 159 cm³/mol. The number of nitrogens with one attached hydrogen (secondary N) is 2. The second-order valence-corrected chi connectivity index (χ2v) is 11.3. The van der Waals surface area contributed by atoms with Crippen molar-refractivity contribution >= 4 is 23.1 Å². The van der Waals surface area contributed by atoms with E-state index in [9.17, 15) is 4.79 Å². The highest BCUT2D eigenvalue weighted by Crippen LogP contribution is 2.37. The Hall–Kier alpha value is -2.86. The van der Waals surface area contributed by atoms with Crippen LogP contribution in [-0.4, -0.2) is 48.4 Å². The largest absolute Gasteiger partial charge is 0.385 e. The lowest BCUT2D eigenvalue weighted by atomic mass is 9.85. The zero-order chi connectivity index (χ0) is 27.1. The quantitative estimate of drug-likeness (QED) is 0.175. The fraction of sp³-hybridized carbons (Fsp3) is 0.562. The number of amides is 1. The molecule has 38 heavy (non-hydrogen) atoms. The number of carbonyl (C=O) groups excluding carboxylic acids is 1. The summed E-state index contributed by atoms with van der Waals surface area (Å²) in [6.45, 7) is 9.76. The number of piperidine rings is 1. The Kier molecular flexibility index (Phi) is 9.84. The zero-order valence-corrected chi connectivity index (χ0v) is 23.6. The molecule has 2 aliphatic rings. The number of fused-ring (bicyclic) bond motifs is 1. The van der Waals surface area contributed by atoms with Crippen LogP contribution in [0.1, 0.15) is 94.7 Å². The van der Waals surface area contributed by atoms with Crippen LogP contribution < -0.4 is 16.0 Å². The number of carbonyl (C=O) groups is 1. The first kappa shape index (κ1) is 28.2. The molecule has 0 spiro atoms. The third kappa shape index (κ3) is 6.76. The van der Waals surface area contributed by atoms with Crippen LogP contribution in [0.4, 0.5) is 11.4 Å². The van der Waals surface area contributed by atoms with Gasteiger partial charge in [-0.15, -0.1) is 0 Å². The van der Waals surface area contributed by atoms with Crippen LogP contribution in [0.25, 0.3) is 0 Å². The molecule has 6 nitrogen and oxygen atoms in total. The molecule has 206 valence electrons. The molecule has 3 atom stereocenters. The fourth-order valence-electron chi connectivity index (χ4n) is 6.19. The molecule has 2 aromatic carbocycles. The van der Waals surface area contributed by atoms with Gasteiger partial charge in [0.2, 0.25) is 5.91 Å². The van der Waals surface area contributed by atoms with Gasteiger partial charge in [-0.2, -0.15) is 0 Å². The third-order valence-corrected chi connectivity index (χ3v) is 8.50. The van der Waals surface area contributed by atoms with Crippen molar-refractivity contribution in [2.45, 2.75) is 96.6 Å². The second-order valence-electron chi connectivity index (χ2n) is 11.3. The molecule has 0 aromatic heterocycles. The van der Waals surface area contributed by atoms with Gasteiger partial charge < -0.3 is 16.0 Å². The van der Waals surface area contributed by atoms with Gasteiger partial charge in [-0.1, -0.05) is 50.5 Å². The Morgan fingerprint density at radius 2 is 1.79 bits per heavy atom. The van der Waals surface area contributed by atoms with Crippen LogP contribution in [0.5, 0.6) is 0 Å². The average Bonchev–Trinajstić information content (AvgIpc) is 2.91. The number of hydrogen-bond acceptors (Lipinski definition) is 4. The number of rotatable bonds is 12. The summed E-state index contributed by atoms with van der Waals surface area (Å²) in [5.41, 5.74) is 10.7. The number of nitrogens with two attached hydrogens (primary N) is 1. The van der Waals surface area contributed by atoms with E-state index in [4.69, 9.17) is 11.1 Å². The van der Waals surface area contributed by atoms with E-state index in [1.807, 2.05) is 29.2 Å². The van der Waals surface area contributed by atoms with E-state index in [0.717, 1.165) is 62.3 Å². The van der Waals surface area contributed by atoms with Gasteiger partial charge in [0.15, 0.2) is 0 Å². The van der Waals surface area contributed by atoms with Gasteiger partial charge in [-0.05, 0) is 88.2 Å². The predicted octanol–water partition coefficient (Wildman–Crippen LogP) is 6.29. The van der Waals surface area contributed by atoms with Crippen LogP contribution in [0.2, 0.25) is 0 Å². The highest BCUT2D eigenvalue weighted by Gasteiger charge is 2.34. The van der Waals surface area contributed by atoms with Gasteiger partial charge in [-0.25, -0.2) is 0 Å². The molecule has 2 aliphatic heterocycles. The molecule has 1 unspecified atom stereocenters. The molecule has 0 aliphatic carbocycles. The summed E-state index contributed by atoms with van der Waals surface area (Å²) in [5, 5.41) is 11.4. The van der Waals surface area contributed by atoms with Crippen molar-refractivity contribution in [1.29, 1.82) is 5.41 Å². The summed E-state index contributed by atoms with van der Waals surface area (Å²) in [4.78, 5) is 18.7. The second kappa shape index (κ2) is 13.3. The van der Waals surface area contributed by atoms with Gasteiger partial charge in [0.1, 0.15) is 5.84 Å². The number of nitrogen functional groups attached to an aromatic ring is 1. The Morgan fingerprint density at radius 3 is 2.53 bits per heavy atom. The highest BCUT2D eigenvalue weighted by atomic mass is 16.2. The number of nitrogens with zero attached hydrogens (tertiary/aromatic N) is 2. The summed E-state index contributed by atoms with van der Waals surface area (Å²) >= 11 is 0. The molecule has 0 radical (unpaired) electrons. The molecule has 1 fully saturated rings. The topological polar surface area (TPSA) is 85.5 Å². The third-order valence-electron chi connectivity index (χ3n) is 8.50. The van der Waals surface area contributed by atoms with E-state index in [1.54, 1.807) is 0 Å². The first-order valence-electron chi connectivity index (χ1n) is 14.8. The van der Waals surface area contributed by atoms with Gasteiger partial charge in [0.05, 0.1) is 5.92 Å². The molecule has 2 heterocycles. The molecule has 4 rings (SSSR count). The summed E-state index contributed by atoms with van der Waals surface area (Å²) in [5.74, 6) is -0.0644. The summed E-state index contributed by atoms with van der Waals surface area (Å²) < 4.78 is 0. The fourth-order valence-corrected chi connectivity index (χ4v) is 6.19. The first-order valence-corrected chi connectivity index (χ1v) is 14.8. The van der Waals surface area contributed by atoms with Crippen molar-refractivity contribution in [1.82, 2.24) is 4.90 Å². The Labute approximate surface area is 229 Å². The monoisotopic (exact) mass is 517 g/mol. The molecule has 1 saturated heterocycles. The molecule has 0 saturated carbocycles. The van der Waals surface area contributed by atoms with E-state index in [1.165, 1.54) is 31.2 Å². The van der Waals surface area contributed by atoms with Crippen molar-refractivity contribution in [2.75, 3.05) is 29.9 Å². The van der Waals surface area contributed by atoms with Crippen molar-refractivity contribution in [3.8, 4) is 0 Å². The smallest absolute Gasteiger partial charge is 0.234 e. The van der Waals surface area contributed by atoms with Crippen LogP contribution in [-0.2, 0) is 11.2 Å². The lowest BCUT2D eigenvalue weighted by Crippen LogP contribution is -2.44. The van der Waals surface area contributed by atoms with Gasteiger partial charge >= 0.3 is 0 Å². The van der Waals surface area contributed by atoms with E-state index >= 15 is 0 Å². The van der Waals surface area contributed by atoms with Crippen molar-refractivity contribution in [3.63, 3.8) is 0 Å². The summed E-state index contributed by atoms with van der Waals surface area (Å²) in [6.07, 6.45) is 10.2. The maximum Gasteiger partial charge on any atom is 0.234 e. The van der Waals surface area contributed by atoms with Gasteiger partial charge in [-0.3, -0.25) is 15.1 Å². The van der Waals surface area contributed by atoms with Crippen molar-refractivity contribution < 1.29 is 4.79 Å². The summed E-state index contributed by atoms with van der Waals surface area (Å²) in [7, 11) is 0. The molecule has 6 heteroatoms. The van der Waals surface area contributed by atoms with Crippen LogP contribution in [0, 0.1) is 5.41 Å². The van der Waals surface area contributed by atoms with E-state index in [-0.39, 0.29) is 17.7 Å². The zero-order valence-electron chi connectivity index (χ0n) is 23.6. The molecule has 2 aromatic rings. The SMILES string of the molecule is CCCCNc1ccc2c(c1)N(CCCCCN1[C@H](C)CCC[C@@H]1C)C(=O)C(c1cccc(C(=N)N)c1)C2. The molecule has 1 amide bonds. The molecule has 0 bridgehead atoms. The summed E-state index contributed by atoms with van der Waals surface area (Å²) in [6, 6.07) is 15.5. The lowest BCUT2D eigenvalue weighted by Gasteiger charge is -2.39. The normalized spacial score (nSPS) is 21.8. The minimum atomic E-state index is -0.254. The number of benzene rings is 2. The van der Waals surface area contributed by atoms with Crippen LogP contribution >= 0.6 is 0 Å². The van der Waals surface area contributed by atoms with E-state index in [2.05, 4.69) is 49.2 Å². The number of amidine groups is 1. The van der Waals surface area contributed by atoms with E-state index < -0.39 is 0 Å².